The third-order valence-corrected chi connectivity index (χ3v) is 3.80. The number of sulfone groups is 1. The van der Waals surface area contributed by atoms with Crippen molar-refractivity contribution in [3.63, 3.8) is 0 Å². The van der Waals surface area contributed by atoms with E-state index >= 15 is 0 Å². The van der Waals surface area contributed by atoms with Gasteiger partial charge in [0.15, 0.2) is 0 Å². The van der Waals surface area contributed by atoms with E-state index in [2.05, 4.69) is 10.1 Å². The van der Waals surface area contributed by atoms with E-state index in [4.69, 9.17) is 5.11 Å². The Kier molecular flexibility index (Phi) is 6.74. The van der Waals surface area contributed by atoms with Gasteiger partial charge in [-0.15, -0.1) is 0 Å². The van der Waals surface area contributed by atoms with Gasteiger partial charge in [-0.2, -0.15) is 0 Å². The van der Waals surface area contributed by atoms with Gasteiger partial charge in [0.05, 0.1) is 5.75 Å². The zero-order valence-electron chi connectivity index (χ0n) is 9.80. The van der Waals surface area contributed by atoms with Crippen molar-refractivity contribution < 1.29 is 27.9 Å². The molecule has 1 amide bonds. The van der Waals surface area contributed by atoms with Gasteiger partial charge in [-0.1, -0.05) is 6.92 Å². The fraction of sp³-hybridized carbons (Fsp3) is 0.778. The first-order valence-electron chi connectivity index (χ1n) is 5.04. The predicted octanol–water partition coefficient (Wildman–Crippen LogP) is -0.973. The Morgan fingerprint density at radius 1 is 1.41 bits per heavy atom. The Morgan fingerprint density at radius 3 is 2.41 bits per heavy atom. The summed E-state index contributed by atoms with van der Waals surface area (Å²) in [6.07, 6.45) is -0.152. The summed E-state index contributed by atoms with van der Waals surface area (Å²) < 4.78 is 26.9. The highest BCUT2D eigenvalue weighted by Crippen LogP contribution is 1.99. The van der Waals surface area contributed by atoms with Crippen molar-refractivity contribution in [2.45, 2.75) is 19.4 Å². The van der Waals surface area contributed by atoms with Crippen LogP contribution in [0.2, 0.25) is 0 Å². The number of carboxylic acid groups (broad SMARTS) is 1. The minimum Gasteiger partial charge on any atom is -0.480 e. The van der Waals surface area contributed by atoms with Gasteiger partial charge in [-0.05, 0) is 6.42 Å². The lowest BCUT2D eigenvalue weighted by molar-refractivity contribution is -0.142. The maximum absolute atomic E-state index is 11.2. The van der Waals surface area contributed by atoms with E-state index in [9.17, 15) is 18.0 Å². The summed E-state index contributed by atoms with van der Waals surface area (Å²) in [4.78, 5) is 21.9. The highest BCUT2D eigenvalue weighted by molar-refractivity contribution is 7.91. The first-order chi connectivity index (χ1) is 7.82. The lowest BCUT2D eigenvalue weighted by atomic mass is 10.2. The van der Waals surface area contributed by atoms with Gasteiger partial charge in [-0.3, -0.25) is 4.79 Å². The molecule has 1 unspecified atom stereocenters. The first-order valence-corrected chi connectivity index (χ1v) is 6.86. The number of carboxylic acids is 1. The number of methoxy groups -OCH3 is 1. The monoisotopic (exact) mass is 267 g/mol. The van der Waals surface area contributed by atoms with Gasteiger partial charge >= 0.3 is 5.97 Å². The molecule has 0 fully saturated rings. The smallest absolute Gasteiger partial charge is 0.326 e. The zero-order chi connectivity index (χ0) is 13.5. The summed E-state index contributed by atoms with van der Waals surface area (Å²) in [7, 11) is -1.94. The first kappa shape index (κ1) is 15.9. The Labute approximate surface area is 100 Å². The largest absolute Gasteiger partial charge is 0.480 e. The Morgan fingerprint density at radius 2 is 2.00 bits per heavy atom. The SMILES string of the molecule is CCS(=O)(=O)CCC(NC(=O)COC)C(=O)O. The molecule has 0 saturated carbocycles. The number of amides is 1. The topological polar surface area (TPSA) is 110 Å². The molecule has 0 aliphatic rings. The number of ether oxygens (including phenoxy) is 1. The number of hydrogen-bond donors (Lipinski definition) is 2. The molecule has 0 heterocycles. The van der Waals surface area contributed by atoms with Crippen molar-refractivity contribution in [1.82, 2.24) is 5.32 Å². The van der Waals surface area contributed by atoms with Gasteiger partial charge in [0.1, 0.15) is 22.5 Å². The molecule has 1 atom stereocenters. The molecule has 17 heavy (non-hydrogen) atoms. The highest BCUT2D eigenvalue weighted by Gasteiger charge is 2.22. The summed E-state index contributed by atoms with van der Waals surface area (Å²) >= 11 is 0. The number of carbonyl (C=O) groups excluding carboxylic acids is 1. The van der Waals surface area contributed by atoms with Crippen molar-refractivity contribution >= 4 is 21.7 Å². The van der Waals surface area contributed by atoms with Gasteiger partial charge in [0.25, 0.3) is 0 Å². The average molecular weight is 267 g/mol. The van der Waals surface area contributed by atoms with E-state index in [-0.39, 0.29) is 24.5 Å². The Bertz CT molecular complexity index is 364. The van der Waals surface area contributed by atoms with Crippen LogP contribution in [0.5, 0.6) is 0 Å². The molecule has 7 nitrogen and oxygen atoms in total. The molecule has 0 aromatic rings. The average Bonchev–Trinajstić information content (AvgIpc) is 2.24. The fourth-order valence-electron chi connectivity index (χ4n) is 1.07. The summed E-state index contributed by atoms with van der Waals surface area (Å²) in [6, 6.07) is -1.21. The molecule has 0 bridgehead atoms. The predicted molar refractivity (Wildman–Crippen MR) is 60.4 cm³/mol. The number of aliphatic carboxylic acids is 1. The maximum atomic E-state index is 11.2. The second-order valence-electron chi connectivity index (χ2n) is 3.42. The van der Waals surface area contributed by atoms with Crippen molar-refractivity contribution in [3.8, 4) is 0 Å². The summed E-state index contributed by atoms with van der Waals surface area (Å²) in [6.45, 7) is 1.22. The van der Waals surface area contributed by atoms with Crippen molar-refractivity contribution in [2.75, 3.05) is 25.2 Å². The molecule has 0 saturated heterocycles. The highest BCUT2D eigenvalue weighted by atomic mass is 32.2. The van der Waals surface area contributed by atoms with Crippen molar-refractivity contribution in [1.29, 1.82) is 0 Å². The molecule has 0 aliphatic carbocycles. The Hall–Kier alpha value is -1.15. The van der Waals surface area contributed by atoms with Crippen LogP contribution < -0.4 is 5.32 Å². The second-order valence-corrected chi connectivity index (χ2v) is 5.89. The normalized spacial score (nSPS) is 13.1. The van der Waals surface area contributed by atoms with Crippen LogP contribution in [0.15, 0.2) is 0 Å². The molecule has 0 rings (SSSR count). The fourth-order valence-corrected chi connectivity index (χ4v) is 1.95. The number of nitrogens with one attached hydrogen (secondary N) is 1. The van der Waals surface area contributed by atoms with E-state index < -0.39 is 27.8 Å². The molecule has 0 aliphatic heterocycles. The number of carbonyl (C=O) groups is 2. The van der Waals surface area contributed by atoms with Gasteiger partial charge in [-0.25, -0.2) is 13.2 Å². The van der Waals surface area contributed by atoms with Crippen molar-refractivity contribution in [2.24, 2.45) is 0 Å². The van der Waals surface area contributed by atoms with Crippen LogP contribution in [0, 0.1) is 0 Å². The summed E-state index contributed by atoms with van der Waals surface area (Å²) in [5.74, 6) is -2.17. The summed E-state index contributed by atoms with van der Waals surface area (Å²) in [5.41, 5.74) is 0. The molecule has 8 heteroatoms. The van der Waals surface area contributed by atoms with E-state index in [0.717, 1.165) is 0 Å². The van der Waals surface area contributed by atoms with Crippen LogP contribution in [0.3, 0.4) is 0 Å². The third-order valence-electron chi connectivity index (χ3n) is 2.07. The minimum atomic E-state index is -3.24. The van der Waals surface area contributed by atoms with Gasteiger partial charge in [0, 0.05) is 12.9 Å². The quantitative estimate of drug-likeness (QED) is 0.585. The van der Waals surface area contributed by atoms with Crippen LogP contribution in [-0.2, 0) is 24.2 Å². The maximum Gasteiger partial charge on any atom is 0.326 e. The third kappa shape index (κ3) is 6.90. The molecular weight excluding hydrogens is 250 g/mol. The lowest BCUT2D eigenvalue weighted by Gasteiger charge is -2.13. The van der Waals surface area contributed by atoms with E-state index in [1.807, 2.05) is 0 Å². The minimum absolute atomic E-state index is 0.0502. The Balaban J connectivity index is 4.36. The molecule has 2 N–H and O–H groups in total. The van der Waals surface area contributed by atoms with Crippen molar-refractivity contribution in [3.05, 3.63) is 0 Å². The number of rotatable bonds is 8. The van der Waals surface area contributed by atoms with Gasteiger partial charge < -0.3 is 15.2 Å². The van der Waals surface area contributed by atoms with E-state index in [1.54, 1.807) is 0 Å². The molecular formula is C9H17NO6S. The van der Waals surface area contributed by atoms with E-state index in [1.165, 1.54) is 14.0 Å². The second kappa shape index (κ2) is 7.23. The van der Waals surface area contributed by atoms with Crippen LogP contribution in [-0.4, -0.2) is 56.7 Å². The van der Waals surface area contributed by atoms with Crippen LogP contribution >= 0.6 is 0 Å². The lowest BCUT2D eigenvalue weighted by Crippen LogP contribution is -2.43. The summed E-state index contributed by atoms with van der Waals surface area (Å²) in [5, 5.41) is 11.0. The molecule has 0 radical (unpaired) electrons. The van der Waals surface area contributed by atoms with E-state index in [0.29, 0.717) is 0 Å². The van der Waals surface area contributed by atoms with Crippen LogP contribution in [0.4, 0.5) is 0 Å². The molecule has 0 spiro atoms. The molecule has 0 aromatic heterocycles. The van der Waals surface area contributed by atoms with Gasteiger partial charge in [0.2, 0.25) is 5.91 Å². The number of hydrogen-bond acceptors (Lipinski definition) is 5. The standard InChI is InChI=1S/C9H17NO6S/c1-3-17(14,15)5-4-7(9(12)13)10-8(11)6-16-2/h7H,3-6H2,1-2H3,(H,10,11)(H,12,13). The zero-order valence-corrected chi connectivity index (χ0v) is 10.6. The molecule has 100 valence electrons. The van der Waals surface area contributed by atoms with Crippen LogP contribution in [0.25, 0.3) is 0 Å². The van der Waals surface area contributed by atoms with Crippen LogP contribution in [0.1, 0.15) is 13.3 Å². The molecule has 0 aromatic carbocycles.